The molecule has 1 amide bonds. The average molecular weight is 228 g/mol. The molecule has 0 aromatic rings. The van der Waals surface area contributed by atoms with E-state index in [2.05, 4.69) is 12.2 Å². The zero-order valence-corrected chi connectivity index (χ0v) is 11.0. The Morgan fingerprint density at radius 1 is 1.50 bits per heavy atom. The molecule has 16 heavy (non-hydrogen) atoms. The van der Waals surface area contributed by atoms with Crippen molar-refractivity contribution in [1.82, 2.24) is 10.2 Å². The van der Waals surface area contributed by atoms with Crippen LogP contribution in [0.5, 0.6) is 0 Å². The summed E-state index contributed by atoms with van der Waals surface area (Å²) < 4.78 is 5.37. The second kappa shape index (κ2) is 5.15. The van der Waals surface area contributed by atoms with Gasteiger partial charge in [0.2, 0.25) is 5.91 Å². The molecular weight excluding hydrogens is 204 g/mol. The SMILES string of the molecule is CCCC1NC(C)N(CC(C)(C)OC)C1=O. The van der Waals surface area contributed by atoms with Crippen LogP contribution in [0.2, 0.25) is 0 Å². The highest BCUT2D eigenvalue weighted by molar-refractivity contribution is 5.84. The summed E-state index contributed by atoms with van der Waals surface area (Å²) in [6.45, 7) is 8.76. The van der Waals surface area contributed by atoms with Gasteiger partial charge in [0.15, 0.2) is 0 Å². The van der Waals surface area contributed by atoms with Crippen molar-refractivity contribution in [3.8, 4) is 0 Å². The minimum atomic E-state index is -0.285. The third-order valence-electron chi connectivity index (χ3n) is 3.17. The van der Waals surface area contributed by atoms with Crippen LogP contribution < -0.4 is 5.32 Å². The predicted molar refractivity (Wildman–Crippen MR) is 64.1 cm³/mol. The molecule has 4 nitrogen and oxygen atoms in total. The summed E-state index contributed by atoms with van der Waals surface area (Å²) in [7, 11) is 1.68. The lowest BCUT2D eigenvalue weighted by Gasteiger charge is -2.31. The van der Waals surface area contributed by atoms with Gasteiger partial charge in [0.1, 0.15) is 0 Å². The Morgan fingerprint density at radius 3 is 2.62 bits per heavy atom. The fraction of sp³-hybridized carbons (Fsp3) is 0.917. The maximum atomic E-state index is 12.1. The van der Waals surface area contributed by atoms with Gasteiger partial charge in [-0.25, -0.2) is 0 Å². The monoisotopic (exact) mass is 228 g/mol. The minimum absolute atomic E-state index is 0.00680. The molecule has 4 heteroatoms. The lowest BCUT2D eigenvalue weighted by atomic mass is 10.1. The van der Waals surface area contributed by atoms with Crippen molar-refractivity contribution < 1.29 is 9.53 Å². The van der Waals surface area contributed by atoms with E-state index in [0.717, 1.165) is 12.8 Å². The standard InChI is InChI=1S/C12H24N2O2/c1-6-7-10-11(15)14(9(2)13-10)8-12(3,4)16-5/h9-10,13H,6-8H2,1-5H3. The molecule has 0 saturated carbocycles. The second-order valence-corrected chi connectivity index (χ2v) is 5.11. The van der Waals surface area contributed by atoms with Crippen molar-refractivity contribution in [2.75, 3.05) is 13.7 Å². The van der Waals surface area contributed by atoms with Gasteiger partial charge in [-0.2, -0.15) is 0 Å². The van der Waals surface area contributed by atoms with Gasteiger partial charge in [0.05, 0.1) is 24.4 Å². The normalized spacial score (nSPS) is 26.6. The van der Waals surface area contributed by atoms with E-state index < -0.39 is 0 Å². The van der Waals surface area contributed by atoms with E-state index in [0.29, 0.717) is 6.54 Å². The van der Waals surface area contributed by atoms with Gasteiger partial charge >= 0.3 is 0 Å². The maximum Gasteiger partial charge on any atom is 0.241 e. The van der Waals surface area contributed by atoms with Crippen molar-refractivity contribution in [3.05, 3.63) is 0 Å². The molecule has 94 valence electrons. The highest BCUT2D eigenvalue weighted by Crippen LogP contribution is 2.19. The Kier molecular flexibility index (Phi) is 4.33. The van der Waals surface area contributed by atoms with E-state index >= 15 is 0 Å². The topological polar surface area (TPSA) is 41.6 Å². The van der Waals surface area contributed by atoms with Gasteiger partial charge in [-0.3, -0.25) is 10.1 Å². The number of hydrogen-bond acceptors (Lipinski definition) is 3. The van der Waals surface area contributed by atoms with E-state index in [4.69, 9.17) is 4.74 Å². The number of ether oxygens (including phenoxy) is 1. The van der Waals surface area contributed by atoms with Crippen molar-refractivity contribution in [2.45, 2.75) is 58.3 Å². The Labute approximate surface area is 98.3 Å². The summed E-state index contributed by atoms with van der Waals surface area (Å²) >= 11 is 0. The summed E-state index contributed by atoms with van der Waals surface area (Å²) in [6.07, 6.45) is 2.04. The lowest BCUT2D eigenvalue weighted by molar-refractivity contribution is -0.133. The molecule has 1 saturated heterocycles. The van der Waals surface area contributed by atoms with Crippen LogP contribution in [0, 0.1) is 0 Å². The Hall–Kier alpha value is -0.610. The fourth-order valence-electron chi connectivity index (χ4n) is 2.03. The largest absolute Gasteiger partial charge is 0.377 e. The number of carbonyl (C=O) groups is 1. The molecule has 1 aliphatic heterocycles. The van der Waals surface area contributed by atoms with Crippen LogP contribution in [-0.2, 0) is 9.53 Å². The van der Waals surface area contributed by atoms with E-state index in [1.165, 1.54) is 0 Å². The summed E-state index contributed by atoms with van der Waals surface area (Å²) in [5, 5.41) is 3.32. The number of nitrogens with one attached hydrogen (secondary N) is 1. The number of amides is 1. The van der Waals surface area contributed by atoms with Gasteiger partial charge in [0, 0.05) is 7.11 Å². The minimum Gasteiger partial charge on any atom is -0.377 e. The molecule has 0 aromatic heterocycles. The Balaban J connectivity index is 2.64. The first-order valence-electron chi connectivity index (χ1n) is 6.03. The summed E-state index contributed by atoms with van der Waals surface area (Å²) in [6, 6.07) is -0.00680. The number of nitrogens with zero attached hydrogens (tertiary/aromatic N) is 1. The number of methoxy groups -OCH3 is 1. The first kappa shape index (κ1) is 13.5. The molecule has 1 heterocycles. The van der Waals surface area contributed by atoms with Gasteiger partial charge in [-0.15, -0.1) is 0 Å². The summed E-state index contributed by atoms with van der Waals surface area (Å²) in [5.41, 5.74) is -0.285. The first-order chi connectivity index (χ1) is 7.41. The number of carbonyl (C=O) groups excluding carboxylic acids is 1. The molecule has 1 fully saturated rings. The molecular formula is C12H24N2O2. The van der Waals surface area contributed by atoms with Crippen LogP contribution in [0.25, 0.3) is 0 Å². The second-order valence-electron chi connectivity index (χ2n) is 5.11. The zero-order valence-electron chi connectivity index (χ0n) is 11.0. The van der Waals surface area contributed by atoms with Gasteiger partial charge in [-0.1, -0.05) is 13.3 Å². The van der Waals surface area contributed by atoms with Crippen molar-refractivity contribution in [3.63, 3.8) is 0 Å². The molecule has 2 unspecified atom stereocenters. The molecule has 1 rings (SSSR count). The molecule has 0 spiro atoms. The Morgan fingerprint density at radius 2 is 2.12 bits per heavy atom. The van der Waals surface area contributed by atoms with Gasteiger partial charge < -0.3 is 9.64 Å². The molecule has 0 radical (unpaired) electrons. The van der Waals surface area contributed by atoms with Crippen molar-refractivity contribution in [1.29, 1.82) is 0 Å². The van der Waals surface area contributed by atoms with Gasteiger partial charge in [-0.05, 0) is 27.2 Å². The van der Waals surface area contributed by atoms with Gasteiger partial charge in [0.25, 0.3) is 0 Å². The molecule has 1 aliphatic rings. The quantitative estimate of drug-likeness (QED) is 0.772. The molecule has 0 aromatic carbocycles. The van der Waals surface area contributed by atoms with Crippen LogP contribution in [0.3, 0.4) is 0 Å². The lowest BCUT2D eigenvalue weighted by Crippen LogP contribution is -2.45. The van der Waals surface area contributed by atoms with Crippen LogP contribution >= 0.6 is 0 Å². The van der Waals surface area contributed by atoms with Crippen molar-refractivity contribution in [2.24, 2.45) is 0 Å². The van der Waals surface area contributed by atoms with E-state index in [1.54, 1.807) is 7.11 Å². The van der Waals surface area contributed by atoms with Crippen LogP contribution in [0.4, 0.5) is 0 Å². The van der Waals surface area contributed by atoms with Crippen molar-refractivity contribution >= 4 is 5.91 Å². The molecule has 1 N–H and O–H groups in total. The van der Waals surface area contributed by atoms with Crippen LogP contribution in [0.15, 0.2) is 0 Å². The number of rotatable bonds is 5. The van der Waals surface area contributed by atoms with Crippen LogP contribution in [0.1, 0.15) is 40.5 Å². The maximum absolute atomic E-state index is 12.1. The molecule has 2 atom stereocenters. The number of hydrogen-bond donors (Lipinski definition) is 1. The molecule has 0 bridgehead atoms. The predicted octanol–water partition coefficient (Wildman–Crippen LogP) is 1.36. The zero-order chi connectivity index (χ0) is 12.3. The van der Waals surface area contributed by atoms with E-state index in [9.17, 15) is 4.79 Å². The van der Waals surface area contributed by atoms with E-state index in [-0.39, 0.29) is 23.7 Å². The summed E-state index contributed by atoms with van der Waals surface area (Å²) in [4.78, 5) is 14.0. The average Bonchev–Trinajstić information content (AvgIpc) is 2.47. The third-order valence-corrected chi connectivity index (χ3v) is 3.17. The van der Waals surface area contributed by atoms with Crippen LogP contribution in [-0.4, -0.2) is 42.3 Å². The summed E-state index contributed by atoms with van der Waals surface area (Å²) in [5.74, 6) is 0.208. The highest BCUT2D eigenvalue weighted by Gasteiger charge is 2.38. The smallest absolute Gasteiger partial charge is 0.241 e. The van der Waals surface area contributed by atoms with E-state index in [1.807, 2.05) is 25.7 Å². The Bertz CT molecular complexity index is 253. The molecule has 0 aliphatic carbocycles. The third kappa shape index (κ3) is 2.95. The highest BCUT2D eigenvalue weighted by atomic mass is 16.5. The first-order valence-corrected chi connectivity index (χ1v) is 6.03. The fourth-order valence-corrected chi connectivity index (χ4v) is 2.03.